The minimum Gasteiger partial charge on any atom is -0.313 e. The molecule has 20 heavy (non-hydrogen) atoms. The molecule has 0 saturated heterocycles. The highest BCUT2D eigenvalue weighted by atomic mass is 14.9. The van der Waals surface area contributed by atoms with Crippen molar-refractivity contribution in [3.8, 4) is 0 Å². The standard InChI is InChI=1S/C19H31N/c1-15-13-18(2,3)12-11-17(15)20-14-19(4,5)16-9-7-6-8-10-16/h6-10,15,17,20H,11-14H2,1-5H3. The molecular formula is C19H31N. The summed E-state index contributed by atoms with van der Waals surface area (Å²) in [6, 6.07) is 11.6. The zero-order chi connectivity index (χ0) is 14.8. The highest BCUT2D eigenvalue weighted by Crippen LogP contribution is 2.38. The third-order valence-electron chi connectivity index (χ3n) is 5.06. The molecule has 1 heteroatoms. The maximum absolute atomic E-state index is 3.85. The molecule has 2 unspecified atom stereocenters. The summed E-state index contributed by atoms with van der Waals surface area (Å²) >= 11 is 0. The number of hydrogen-bond acceptors (Lipinski definition) is 1. The Kier molecular flexibility index (Phi) is 4.59. The van der Waals surface area contributed by atoms with Gasteiger partial charge >= 0.3 is 0 Å². The highest BCUT2D eigenvalue weighted by molar-refractivity contribution is 5.23. The number of hydrogen-bond donors (Lipinski definition) is 1. The van der Waals surface area contributed by atoms with E-state index in [9.17, 15) is 0 Å². The van der Waals surface area contributed by atoms with Crippen LogP contribution < -0.4 is 5.32 Å². The summed E-state index contributed by atoms with van der Waals surface area (Å²) in [6.07, 6.45) is 4.01. The smallest absolute Gasteiger partial charge is 0.00934 e. The first-order valence-corrected chi connectivity index (χ1v) is 8.09. The quantitative estimate of drug-likeness (QED) is 0.833. The van der Waals surface area contributed by atoms with Crippen molar-refractivity contribution in [2.45, 2.75) is 65.3 Å². The first-order valence-electron chi connectivity index (χ1n) is 8.09. The maximum atomic E-state index is 3.85. The molecule has 0 aromatic heterocycles. The summed E-state index contributed by atoms with van der Waals surface area (Å²) in [5, 5.41) is 3.85. The average molecular weight is 273 g/mol. The molecule has 1 fully saturated rings. The molecule has 2 rings (SSSR count). The van der Waals surface area contributed by atoms with E-state index in [1.807, 2.05) is 0 Å². The van der Waals surface area contributed by atoms with E-state index < -0.39 is 0 Å². The Hall–Kier alpha value is -0.820. The largest absolute Gasteiger partial charge is 0.313 e. The van der Waals surface area contributed by atoms with Crippen LogP contribution in [0.2, 0.25) is 0 Å². The van der Waals surface area contributed by atoms with Crippen molar-refractivity contribution in [3.63, 3.8) is 0 Å². The second kappa shape index (κ2) is 5.89. The Morgan fingerprint density at radius 1 is 1.20 bits per heavy atom. The summed E-state index contributed by atoms with van der Waals surface area (Å²) in [5.74, 6) is 0.783. The molecule has 1 aliphatic rings. The van der Waals surface area contributed by atoms with Crippen LogP contribution in [0.5, 0.6) is 0 Å². The van der Waals surface area contributed by atoms with Gasteiger partial charge in [0.25, 0.3) is 0 Å². The summed E-state index contributed by atoms with van der Waals surface area (Å²) < 4.78 is 0. The van der Waals surface area contributed by atoms with Crippen LogP contribution in [-0.4, -0.2) is 12.6 Å². The third kappa shape index (κ3) is 3.85. The Morgan fingerprint density at radius 3 is 2.45 bits per heavy atom. The van der Waals surface area contributed by atoms with Crippen molar-refractivity contribution in [2.75, 3.05) is 6.54 Å². The van der Waals surface area contributed by atoms with Crippen molar-refractivity contribution in [3.05, 3.63) is 35.9 Å². The van der Waals surface area contributed by atoms with Gasteiger partial charge in [0.2, 0.25) is 0 Å². The zero-order valence-corrected chi connectivity index (χ0v) is 13.9. The Morgan fingerprint density at radius 2 is 1.85 bits per heavy atom. The van der Waals surface area contributed by atoms with E-state index in [0.717, 1.165) is 12.5 Å². The second-order valence-corrected chi connectivity index (χ2v) is 8.12. The van der Waals surface area contributed by atoms with Gasteiger partial charge in [-0.1, -0.05) is 65.0 Å². The third-order valence-corrected chi connectivity index (χ3v) is 5.06. The molecule has 1 aliphatic carbocycles. The van der Waals surface area contributed by atoms with Gasteiger partial charge in [-0.25, -0.2) is 0 Å². The highest BCUT2D eigenvalue weighted by Gasteiger charge is 2.33. The summed E-state index contributed by atoms with van der Waals surface area (Å²) in [4.78, 5) is 0. The minimum atomic E-state index is 0.202. The van der Waals surface area contributed by atoms with Gasteiger partial charge in [-0.15, -0.1) is 0 Å². The van der Waals surface area contributed by atoms with E-state index in [0.29, 0.717) is 11.5 Å². The van der Waals surface area contributed by atoms with Gasteiger partial charge in [0, 0.05) is 18.0 Å². The van der Waals surface area contributed by atoms with Gasteiger partial charge < -0.3 is 5.32 Å². The lowest BCUT2D eigenvalue weighted by Crippen LogP contribution is -2.46. The van der Waals surface area contributed by atoms with Gasteiger partial charge in [0.1, 0.15) is 0 Å². The first-order chi connectivity index (χ1) is 9.30. The zero-order valence-electron chi connectivity index (χ0n) is 13.9. The van der Waals surface area contributed by atoms with Crippen LogP contribution in [0.3, 0.4) is 0 Å². The fourth-order valence-corrected chi connectivity index (χ4v) is 3.63. The van der Waals surface area contributed by atoms with E-state index in [-0.39, 0.29) is 5.41 Å². The number of rotatable bonds is 4. The van der Waals surface area contributed by atoms with Crippen LogP contribution >= 0.6 is 0 Å². The van der Waals surface area contributed by atoms with E-state index in [1.165, 1.54) is 24.8 Å². The Bertz CT molecular complexity index is 419. The molecule has 2 atom stereocenters. The van der Waals surface area contributed by atoms with E-state index >= 15 is 0 Å². The Labute approximate surface area is 125 Å². The van der Waals surface area contributed by atoms with Crippen LogP contribution in [0.4, 0.5) is 0 Å². The normalized spacial score (nSPS) is 26.4. The van der Waals surface area contributed by atoms with Crippen molar-refractivity contribution in [1.82, 2.24) is 5.32 Å². The SMILES string of the molecule is CC1CC(C)(C)CCC1NCC(C)(C)c1ccccc1. The minimum absolute atomic E-state index is 0.202. The molecular weight excluding hydrogens is 242 g/mol. The molecule has 0 radical (unpaired) electrons. The monoisotopic (exact) mass is 273 g/mol. The summed E-state index contributed by atoms with van der Waals surface area (Å²) in [5.41, 5.74) is 2.16. The van der Waals surface area contributed by atoms with Crippen molar-refractivity contribution < 1.29 is 0 Å². The summed E-state index contributed by atoms with van der Waals surface area (Å²) in [6.45, 7) is 13.0. The van der Waals surface area contributed by atoms with Gasteiger partial charge in [-0.05, 0) is 36.2 Å². The van der Waals surface area contributed by atoms with Gasteiger partial charge in [0.05, 0.1) is 0 Å². The lowest BCUT2D eigenvalue weighted by molar-refractivity contribution is 0.145. The van der Waals surface area contributed by atoms with Crippen LogP contribution in [0.15, 0.2) is 30.3 Å². The molecule has 0 aliphatic heterocycles. The van der Waals surface area contributed by atoms with E-state index in [2.05, 4.69) is 70.3 Å². The topological polar surface area (TPSA) is 12.0 Å². The average Bonchev–Trinajstić information content (AvgIpc) is 2.38. The number of benzene rings is 1. The molecule has 0 bridgehead atoms. The van der Waals surface area contributed by atoms with Gasteiger partial charge in [0.15, 0.2) is 0 Å². The lowest BCUT2D eigenvalue weighted by atomic mass is 9.70. The lowest BCUT2D eigenvalue weighted by Gasteiger charge is -2.41. The molecule has 1 N–H and O–H groups in total. The number of nitrogens with one attached hydrogen (secondary N) is 1. The fourth-order valence-electron chi connectivity index (χ4n) is 3.63. The van der Waals surface area contributed by atoms with Crippen molar-refractivity contribution >= 4 is 0 Å². The maximum Gasteiger partial charge on any atom is 0.00934 e. The molecule has 112 valence electrons. The van der Waals surface area contributed by atoms with Gasteiger partial charge in [-0.3, -0.25) is 0 Å². The van der Waals surface area contributed by atoms with E-state index in [1.54, 1.807) is 0 Å². The van der Waals surface area contributed by atoms with Crippen molar-refractivity contribution in [1.29, 1.82) is 0 Å². The van der Waals surface area contributed by atoms with Gasteiger partial charge in [-0.2, -0.15) is 0 Å². The molecule has 1 saturated carbocycles. The predicted octanol–water partition coefficient (Wildman–Crippen LogP) is 4.77. The van der Waals surface area contributed by atoms with E-state index in [4.69, 9.17) is 0 Å². The fraction of sp³-hybridized carbons (Fsp3) is 0.684. The molecule has 1 aromatic rings. The molecule has 0 spiro atoms. The molecule has 1 aromatic carbocycles. The molecule has 0 amide bonds. The second-order valence-electron chi connectivity index (χ2n) is 8.12. The van der Waals surface area contributed by atoms with Crippen molar-refractivity contribution in [2.24, 2.45) is 11.3 Å². The molecule has 0 heterocycles. The van der Waals surface area contributed by atoms with Crippen LogP contribution in [0.25, 0.3) is 0 Å². The van der Waals surface area contributed by atoms with Crippen LogP contribution in [0, 0.1) is 11.3 Å². The first kappa shape index (κ1) is 15.6. The van der Waals surface area contributed by atoms with Crippen LogP contribution in [-0.2, 0) is 5.41 Å². The predicted molar refractivity (Wildman–Crippen MR) is 88.1 cm³/mol. The Balaban J connectivity index is 1.92. The summed E-state index contributed by atoms with van der Waals surface area (Å²) in [7, 11) is 0. The molecule has 1 nitrogen and oxygen atoms in total. The van der Waals surface area contributed by atoms with Crippen LogP contribution in [0.1, 0.15) is 59.4 Å².